The van der Waals surface area contributed by atoms with Crippen molar-refractivity contribution in [3.8, 4) is 0 Å². The molecule has 0 spiro atoms. The summed E-state index contributed by atoms with van der Waals surface area (Å²) in [5.74, 6) is -0.164. The van der Waals surface area contributed by atoms with E-state index in [2.05, 4.69) is 15.5 Å². The summed E-state index contributed by atoms with van der Waals surface area (Å²) in [6.45, 7) is 4.12. The largest absolute Gasteiger partial charge is 0.395 e. The Morgan fingerprint density at radius 3 is 2.75 bits per heavy atom. The van der Waals surface area contributed by atoms with Crippen molar-refractivity contribution in [2.45, 2.75) is 38.6 Å². The molecule has 0 radical (unpaired) electrons. The molecule has 1 aromatic heterocycles. The van der Waals surface area contributed by atoms with Gasteiger partial charge in [0.25, 0.3) is 5.91 Å². The predicted molar refractivity (Wildman–Crippen MR) is 75.2 cm³/mol. The lowest BCUT2D eigenvalue weighted by Gasteiger charge is -2.20. The van der Waals surface area contributed by atoms with Gasteiger partial charge in [0.15, 0.2) is 5.69 Å². The van der Waals surface area contributed by atoms with Gasteiger partial charge in [0.05, 0.1) is 11.4 Å². The van der Waals surface area contributed by atoms with E-state index in [4.69, 9.17) is 5.73 Å². The molecule has 2 amide bonds. The lowest BCUT2D eigenvalue weighted by Crippen LogP contribution is -2.45. The summed E-state index contributed by atoms with van der Waals surface area (Å²) in [5.41, 5.74) is 7.33. The first-order chi connectivity index (χ1) is 9.45. The number of nitrogens with two attached hydrogens (primary N) is 1. The fourth-order valence-electron chi connectivity index (χ4n) is 2.03. The Morgan fingerprint density at radius 1 is 1.55 bits per heavy atom. The third kappa shape index (κ3) is 2.76. The average molecular weight is 279 g/mol. The normalized spacial score (nSPS) is 15.8. The number of nitrogens with one attached hydrogen (secondary N) is 2. The number of carbonyl (C=O) groups excluding carboxylic acids is 2. The molecule has 1 aliphatic carbocycles. The van der Waals surface area contributed by atoms with E-state index < -0.39 is 11.9 Å². The topological polar surface area (TPSA) is 104 Å². The van der Waals surface area contributed by atoms with Crippen LogP contribution in [0.4, 0.5) is 5.69 Å². The summed E-state index contributed by atoms with van der Waals surface area (Å²) < 4.78 is 0. The minimum atomic E-state index is -0.604. The lowest BCUT2D eigenvalue weighted by atomic mass is 10.2. The molecule has 1 saturated carbocycles. The van der Waals surface area contributed by atoms with Crippen LogP contribution in [0.1, 0.15) is 48.8 Å². The molecule has 0 aromatic carbocycles. The number of hydrogen-bond donors (Lipinski definition) is 3. The van der Waals surface area contributed by atoms with Crippen LogP contribution in [-0.4, -0.2) is 46.5 Å². The maximum atomic E-state index is 12.1. The average Bonchev–Trinajstić information content (AvgIpc) is 3.19. The maximum Gasteiger partial charge on any atom is 0.274 e. The number of amides is 2. The number of rotatable bonds is 5. The monoisotopic (exact) mass is 279 g/mol. The second-order valence-corrected chi connectivity index (χ2v) is 5.22. The number of aromatic amines is 1. The second kappa shape index (κ2) is 5.52. The smallest absolute Gasteiger partial charge is 0.274 e. The highest BCUT2D eigenvalue weighted by Gasteiger charge is 2.31. The number of hydrogen-bond acceptors (Lipinski definition) is 4. The molecule has 1 atom stereocenters. The number of carbonyl (C=O) groups is 2. The zero-order valence-electron chi connectivity index (χ0n) is 12.1. The van der Waals surface area contributed by atoms with E-state index in [1.807, 2.05) is 6.92 Å². The molecule has 0 saturated heterocycles. The van der Waals surface area contributed by atoms with Gasteiger partial charge in [0, 0.05) is 19.5 Å². The van der Waals surface area contributed by atoms with Crippen LogP contribution in [0.15, 0.2) is 0 Å². The van der Waals surface area contributed by atoms with Crippen LogP contribution in [0.2, 0.25) is 0 Å². The van der Waals surface area contributed by atoms with Crippen molar-refractivity contribution >= 4 is 17.5 Å². The summed E-state index contributed by atoms with van der Waals surface area (Å²) >= 11 is 0. The van der Waals surface area contributed by atoms with Crippen LogP contribution in [0.5, 0.6) is 0 Å². The molecule has 0 aliphatic heterocycles. The van der Waals surface area contributed by atoms with Crippen molar-refractivity contribution in [3.05, 3.63) is 11.4 Å². The summed E-state index contributed by atoms with van der Waals surface area (Å²) in [6.07, 6.45) is 2.15. The molecular formula is C13H21N5O2. The first-order valence-electron chi connectivity index (χ1n) is 6.85. The van der Waals surface area contributed by atoms with Crippen molar-refractivity contribution in [3.63, 3.8) is 0 Å². The summed E-state index contributed by atoms with van der Waals surface area (Å²) in [4.78, 5) is 25.6. The highest BCUT2D eigenvalue weighted by Crippen LogP contribution is 2.42. The van der Waals surface area contributed by atoms with E-state index in [1.165, 1.54) is 0 Å². The second-order valence-electron chi connectivity index (χ2n) is 5.22. The molecule has 0 bridgehead atoms. The molecule has 110 valence electrons. The molecule has 7 nitrogen and oxygen atoms in total. The lowest BCUT2D eigenvalue weighted by molar-refractivity contribution is -0.131. The van der Waals surface area contributed by atoms with E-state index in [0.717, 1.165) is 18.5 Å². The Morgan fingerprint density at radius 2 is 2.20 bits per heavy atom. The van der Waals surface area contributed by atoms with Gasteiger partial charge in [-0.3, -0.25) is 14.7 Å². The zero-order valence-corrected chi connectivity index (χ0v) is 12.1. The predicted octanol–water partition coefficient (Wildman–Crippen LogP) is 0.466. The summed E-state index contributed by atoms with van der Waals surface area (Å²) in [5, 5.41) is 9.42. The van der Waals surface area contributed by atoms with E-state index in [-0.39, 0.29) is 11.6 Å². The SMILES string of the molecule is CCN(C)C(=O)C(C)NC(=O)c1n[nH]c(C2CC2)c1N. The molecule has 1 fully saturated rings. The van der Waals surface area contributed by atoms with E-state index >= 15 is 0 Å². The molecule has 1 aromatic rings. The molecule has 1 unspecified atom stereocenters. The van der Waals surface area contributed by atoms with Crippen LogP contribution in [0.25, 0.3) is 0 Å². The minimum absolute atomic E-state index is 0.141. The number of nitrogen functional groups attached to an aromatic ring is 1. The summed E-state index contributed by atoms with van der Waals surface area (Å²) in [7, 11) is 1.69. The van der Waals surface area contributed by atoms with Crippen LogP contribution < -0.4 is 11.1 Å². The highest BCUT2D eigenvalue weighted by atomic mass is 16.2. The Balaban J connectivity index is 2.03. The molecule has 7 heteroatoms. The van der Waals surface area contributed by atoms with Gasteiger partial charge >= 0.3 is 0 Å². The fraction of sp³-hybridized carbons (Fsp3) is 0.615. The maximum absolute atomic E-state index is 12.1. The van der Waals surface area contributed by atoms with Gasteiger partial charge in [-0.05, 0) is 26.7 Å². The van der Waals surface area contributed by atoms with Gasteiger partial charge < -0.3 is 16.0 Å². The van der Waals surface area contributed by atoms with Crippen LogP contribution in [0, 0.1) is 0 Å². The van der Waals surface area contributed by atoms with Gasteiger partial charge in [0.2, 0.25) is 5.91 Å². The number of likely N-dealkylation sites (N-methyl/N-ethyl adjacent to an activating group) is 1. The first kappa shape index (κ1) is 14.4. The van der Waals surface area contributed by atoms with Crippen LogP contribution >= 0.6 is 0 Å². The number of aromatic nitrogens is 2. The Labute approximate surface area is 117 Å². The number of anilines is 1. The molecule has 1 aliphatic rings. The highest BCUT2D eigenvalue weighted by molar-refractivity contribution is 6.00. The van der Waals surface area contributed by atoms with Gasteiger partial charge in [-0.1, -0.05) is 0 Å². The number of H-pyrrole nitrogens is 1. The van der Waals surface area contributed by atoms with Gasteiger partial charge in [-0.15, -0.1) is 0 Å². The van der Waals surface area contributed by atoms with Crippen molar-refractivity contribution in [2.24, 2.45) is 0 Å². The molecule has 20 heavy (non-hydrogen) atoms. The van der Waals surface area contributed by atoms with E-state index in [1.54, 1.807) is 18.9 Å². The quantitative estimate of drug-likeness (QED) is 0.728. The number of nitrogens with zero attached hydrogens (tertiary/aromatic N) is 2. The van der Waals surface area contributed by atoms with Gasteiger partial charge in [0.1, 0.15) is 6.04 Å². The molecule has 2 rings (SSSR count). The summed E-state index contributed by atoms with van der Waals surface area (Å²) in [6, 6.07) is -0.604. The third-order valence-corrected chi connectivity index (χ3v) is 3.60. The standard InChI is InChI=1S/C13H21N5O2/c1-4-18(3)13(20)7(2)15-12(19)11-9(14)10(16-17-11)8-5-6-8/h7-8H,4-6,14H2,1-3H3,(H,15,19)(H,16,17). The van der Waals surface area contributed by atoms with Crippen molar-refractivity contribution < 1.29 is 9.59 Å². The molecule has 4 N–H and O–H groups in total. The van der Waals surface area contributed by atoms with Crippen LogP contribution in [0.3, 0.4) is 0 Å². The minimum Gasteiger partial charge on any atom is -0.395 e. The zero-order chi connectivity index (χ0) is 14.9. The van der Waals surface area contributed by atoms with Gasteiger partial charge in [-0.2, -0.15) is 5.10 Å². The van der Waals surface area contributed by atoms with Crippen molar-refractivity contribution in [2.75, 3.05) is 19.3 Å². The van der Waals surface area contributed by atoms with Crippen LogP contribution in [-0.2, 0) is 4.79 Å². The third-order valence-electron chi connectivity index (χ3n) is 3.60. The molecular weight excluding hydrogens is 258 g/mol. The van der Waals surface area contributed by atoms with Crippen molar-refractivity contribution in [1.82, 2.24) is 20.4 Å². The first-order valence-corrected chi connectivity index (χ1v) is 6.85. The molecule has 1 heterocycles. The van der Waals surface area contributed by atoms with E-state index in [0.29, 0.717) is 18.2 Å². The Bertz CT molecular complexity index is 521. The Kier molecular flexibility index (Phi) is 3.96. The van der Waals surface area contributed by atoms with Crippen molar-refractivity contribution in [1.29, 1.82) is 0 Å². The fourth-order valence-corrected chi connectivity index (χ4v) is 2.03. The van der Waals surface area contributed by atoms with E-state index in [9.17, 15) is 9.59 Å². The Hall–Kier alpha value is -2.05. The van der Waals surface area contributed by atoms with Gasteiger partial charge in [-0.25, -0.2) is 0 Å².